The van der Waals surface area contributed by atoms with E-state index in [2.05, 4.69) is 10.5 Å². The Morgan fingerprint density at radius 1 is 1.59 bits per heavy atom. The predicted molar refractivity (Wildman–Crippen MR) is 72.1 cm³/mol. The fraction of sp³-hybridized carbons (Fsp3) is 0.455. The van der Waals surface area contributed by atoms with Crippen molar-refractivity contribution >= 4 is 23.0 Å². The first-order valence-corrected chi connectivity index (χ1v) is 7.11. The van der Waals surface area contributed by atoms with Crippen molar-refractivity contribution in [2.24, 2.45) is 7.05 Å². The van der Waals surface area contributed by atoms with Crippen molar-refractivity contribution in [1.29, 1.82) is 0 Å². The summed E-state index contributed by atoms with van der Waals surface area (Å²) in [7, 11) is 1.63. The second-order valence-corrected chi connectivity index (χ2v) is 6.12. The third kappa shape index (κ3) is 4.36. The lowest BCUT2D eigenvalue weighted by atomic mass is 10.0. The van der Waals surface area contributed by atoms with Crippen molar-refractivity contribution in [3.05, 3.63) is 24.7 Å². The summed E-state index contributed by atoms with van der Waals surface area (Å²) in [6.07, 6.45) is 4.63. The molecule has 1 rings (SSSR count). The molecule has 0 fully saturated rings. The Hall–Kier alpha value is -2.27. The lowest BCUT2D eigenvalue weighted by Crippen LogP contribution is -2.57. The minimum atomic E-state index is -2.77. The van der Waals surface area contributed by atoms with Crippen LogP contribution in [0.4, 0.5) is 0 Å². The molecule has 0 spiro atoms. The van der Waals surface area contributed by atoms with Crippen LogP contribution in [0.25, 0.3) is 0 Å². The van der Waals surface area contributed by atoms with E-state index in [1.54, 1.807) is 13.2 Å². The number of nitrogens with one attached hydrogen (secondary N) is 1. The van der Waals surface area contributed by atoms with Gasteiger partial charge in [-0.1, -0.05) is 0 Å². The van der Waals surface area contributed by atoms with E-state index in [-0.39, 0.29) is 6.54 Å². The van der Waals surface area contributed by atoms with E-state index in [0.717, 1.165) is 6.20 Å². The third-order valence-corrected chi connectivity index (χ3v) is 4.04. The molecule has 11 heteroatoms. The van der Waals surface area contributed by atoms with Gasteiger partial charge in [0.1, 0.15) is 24.4 Å². The Labute approximate surface area is 128 Å². The number of nitrogens with zero attached hydrogens (tertiary/aromatic N) is 3. The van der Waals surface area contributed by atoms with Gasteiger partial charge < -0.3 is 20.1 Å². The fourth-order valence-electron chi connectivity index (χ4n) is 1.78. The summed E-state index contributed by atoms with van der Waals surface area (Å²) in [6, 6.07) is -1.56. The number of carboxylic acid groups (broad SMARTS) is 2. The fourth-order valence-corrected chi connectivity index (χ4v) is 2.38. The van der Waals surface area contributed by atoms with Crippen molar-refractivity contribution in [2.75, 3.05) is 0 Å². The molecule has 10 nitrogen and oxygen atoms in total. The van der Waals surface area contributed by atoms with E-state index in [1.807, 2.05) is 0 Å². The molecule has 3 atom stereocenters. The molecule has 1 aromatic heterocycles. The molecule has 0 saturated carbocycles. The molecular formula is C11H16N4O6S. The van der Waals surface area contributed by atoms with Crippen LogP contribution in [0.5, 0.6) is 0 Å². The number of rotatable bonds is 8. The normalized spacial score (nSPS) is 16.9. The van der Waals surface area contributed by atoms with Gasteiger partial charge in [-0.2, -0.15) is 0 Å². The van der Waals surface area contributed by atoms with Gasteiger partial charge in [0.2, 0.25) is 0 Å². The average molecular weight is 332 g/mol. The van der Waals surface area contributed by atoms with Gasteiger partial charge in [-0.05, 0) is 18.0 Å². The molecule has 1 unspecified atom stereocenters. The Morgan fingerprint density at radius 3 is 2.64 bits per heavy atom. The van der Waals surface area contributed by atoms with Crippen LogP contribution in [0, 0.1) is 0 Å². The molecule has 22 heavy (non-hydrogen) atoms. The Balaban J connectivity index is 3.08. The van der Waals surface area contributed by atoms with Crippen LogP contribution >= 0.6 is 0 Å². The van der Waals surface area contributed by atoms with Crippen LogP contribution in [-0.2, 0) is 34.3 Å². The topological polar surface area (TPSA) is 148 Å². The molecule has 0 aliphatic rings. The first-order chi connectivity index (χ1) is 10.2. The quantitative estimate of drug-likeness (QED) is 0.281. The predicted octanol–water partition coefficient (Wildman–Crippen LogP) is -2.01. The van der Waals surface area contributed by atoms with Crippen LogP contribution in [0.3, 0.4) is 0 Å². The van der Waals surface area contributed by atoms with E-state index in [1.165, 1.54) is 22.5 Å². The maximum Gasteiger partial charge on any atom is 0.329 e. The summed E-state index contributed by atoms with van der Waals surface area (Å²) in [5, 5.41) is 24.0. The molecule has 0 aromatic carbocycles. The largest absolute Gasteiger partial charge is 0.772 e. The molecule has 122 valence electrons. The minimum absolute atomic E-state index is 0.227. The van der Waals surface area contributed by atoms with E-state index in [9.17, 15) is 23.5 Å². The van der Waals surface area contributed by atoms with Gasteiger partial charge in [0, 0.05) is 12.3 Å². The molecule has 0 amide bonds. The molecule has 3 N–H and O–H groups in total. The van der Waals surface area contributed by atoms with Crippen molar-refractivity contribution in [3.8, 4) is 0 Å². The number of aryl methyl sites for hydroxylation is 1. The highest BCUT2D eigenvalue weighted by molar-refractivity contribution is 7.80. The van der Waals surface area contributed by atoms with Crippen molar-refractivity contribution < 1.29 is 33.2 Å². The smallest absolute Gasteiger partial charge is 0.329 e. The number of carboxylic acids is 2. The third-order valence-electron chi connectivity index (χ3n) is 2.91. The van der Waals surface area contributed by atoms with Crippen LogP contribution in [0.1, 0.15) is 6.92 Å². The van der Waals surface area contributed by atoms with Gasteiger partial charge in [-0.25, -0.2) is 9.59 Å². The number of aromatic nitrogens is 3. The second-order valence-electron chi connectivity index (χ2n) is 4.72. The standard InChI is InChI=1S/C11H16N4O6S/c1-11(22(20)21,7-15-6-5-14(2)13-15)9(10(18)19)12-4-3-8(16)17/h3-6,9,12H,7H2,1-2H3,(H2-,16,17,18,19,20,21)/b4-3+/t9-,11-/m0/s1. The van der Waals surface area contributed by atoms with Gasteiger partial charge in [0.25, 0.3) is 0 Å². The number of hydrogen-bond acceptors (Lipinski definition) is 6. The zero-order chi connectivity index (χ0) is 16.9. The van der Waals surface area contributed by atoms with Crippen molar-refractivity contribution in [2.45, 2.75) is 24.3 Å². The second kappa shape index (κ2) is 7.13. The molecule has 1 aromatic rings. The van der Waals surface area contributed by atoms with Gasteiger partial charge in [-0.3, -0.25) is 4.21 Å². The SMILES string of the molecule is C[n+]1ccn(C[C@@](C)([C@@H](N/C=C/C(=O)O)C(=O)O)S(=O)[O-])n1. The van der Waals surface area contributed by atoms with Crippen LogP contribution in [-0.4, -0.2) is 51.6 Å². The molecule has 0 bridgehead atoms. The lowest BCUT2D eigenvalue weighted by Gasteiger charge is -2.34. The first kappa shape index (κ1) is 17.8. The van der Waals surface area contributed by atoms with E-state index in [4.69, 9.17) is 5.11 Å². The van der Waals surface area contributed by atoms with Gasteiger partial charge in [0.05, 0.1) is 5.21 Å². The van der Waals surface area contributed by atoms with Crippen LogP contribution in [0.2, 0.25) is 0 Å². The van der Waals surface area contributed by atoms with E-state index >= 15 is 0 Å². The van der Waals surface area contributed by atoms with E-state index < -0.39 is 33.8 Å². The molecule has 0 aliphatic heterocycles. The summed E-state index contributed by atoms with van der Waals surface area (Å²) in [6.45, 7) is 1.01. The number of aliphatic carboxylic acids is 2. The molecule has 0 saturated heterocycles. The van der Waals surface area contributed by atoms with Crippen LogP contribution < -0.4 is 10.00 Å². The molecular weight excluding hydrogens is 316 g/mol. The highest BCUT2D eigenvalue weighted by Gasteiger charge is 2.43. The van der Waals surface area contributed by atoms with Crippen molar-refractivity contribution in [3.63, 3.8) is 0 Å². The summed E-state index contributed by atoms with van der Waals surface area (Å²) < 4.78 is 24.1. The van der Waals surface area contributed by atoms with Gasteiger partial charge >= 0.3 is 11.9 Å². The number of hydrogen-bond donors (Lipinski definition) is 3. The number of carbonyl (C=O) groups is 2. The maximum atomic E-state index is 11.6. The first-order valence-electron chi connectivity index (χ1n) is 6.04. The van der Waals surface area contributed by atoms with Gasteiger partial charge in [-0.15, -0.1) is 9.36 Å². The maximum absolute atomic E-state index is 11.6. The lowest BCUT2D eigenvalue weighted by molar-refractivity contribution is -0.732. The minimum Gasteiger partial charge on any atom is -0.772 e. The molecule has 0 radical (unpaired) electrons. The summed E-state index contributed by atoms with van der Waals surface area (Å²) in [4.78, 5) is 21.8. The summed E-state index contributed by atoms with van der Waals surface area (Å²) in [5.74, 6) is -2.72. The zero-order valence-electron chi connectivity index (χ0n) is 11.9. The highest BCUT2D eigenvalue weighted by Crippen LogP contribution is 2.20. The monoisotopic (exact) mass is 332 g/mol. The summed E-state index contributed by atoms with van der Waals surface area (Å²) >= 11 is -2.77. The zero-order valence-corrected chi connectivity index (χ0v) is 12.7. The van der Waals surface area contributed by atoms with Crippen molar-refractivity contribution in [1.82, 2.24) is 15.2 Å². The van der Waals surface area contributed by atoms with Gasteiger partial charge in [0.15, 0.2) is 12.4 Å². The highest BCUT2D eigenvalue weighted by atomic mass is 32.2. The summed E-state index contributed by atoms with van der Waals surface area (Å²) in [5.41, 5.74) is 0. The van der Waals surface area contributed by atoms with E-state index in [0.29, 0.717) is 6.08 Å². The molecule has 0 aliphatic carbocycles. The Morgan fingerprint density at radius 2 is 2.23 bits per heavy atom. The average Bonchev–Trinajstić information content (AvgIpc) is 2.78. The Kier molecular flexibility index (Phi) is 5.77. The van der Waals surface area contributed by atoms with Crippen LogP contribution in [0.15, 0.2) is 24.7 Å². The molecule has 1 heterocycles. The Bertz CT molecular complexity index is 615.